The van der Waals surface area contributed by atoms with E-state index in [0.717, 1.165) is 28.1 Å². The number of aromatic nitrogens is 3. The number of hydrogen-bond acceptors (Lipinski definition) is 3. The molecule has 0 saturated carbocycles. The number of rotatable bonds is 3. The summed E-state index contributed by atoms with van der Waals surface area (Å²) in [6, 6.07) is 17.2. The van der Waals surface area contributed by atoms with Crippen molar-refractivity contribution in [3.8, 4) is 11.3 Å². The highest BCUT2D eigenvalue weighted by molar-refractivity contribution is 6.33. The third-order valence-corrected chi connectivity index (χ3v) is 6.05. The summed E-state index contributed by atoms with van der Waals surface area (Å²) >= 11 is 6.31. The van der Waals surface area contributed by atoms with E-state index in [1.54, 1.807) is 11.0 Å². The molecule has 1 amide bonds. The molecule has 2 aromatic heterocycles. The van der Waals surface area contributed by atoms with E-state index < -0.39 is 0 Å². The Morgan fingerprint density at radius 1 is 1.16 bits per heavy atom. The highest BCUT2D eigenvalue weighted by atomic mass is 35.5. The molecule has 0 bridgehead atoms. The van der Waals surface area contributed by atoms with Crippen LogP contribution in [0.4, 0.5) is 0 Å². The molecule has 3 heterocycles. The number of aromatic amines is 1. The van der Waals surface area contributed by atoms with E-state index in [-0.39, 0.29) is 18.0 Å². The van der Waals surface area contributed by atoms with Gasteiger partial charge in [-0.05, 0) is 18.6 Å². The van der Waals surface area contributed by atoms with Gasteiger partial charge in [0.15, 0.2) is 5.65 Å². The minimum absolute atomic E-state index is 0.0176. The van der Waals surface area contributed by atoms with Crippen LogP contribution in [-0.2, 0) is 24.2 Å². The van der Waals surface area contributed by atoms with E-state index in [4.69, 9.17) is 16.6 Å². The molecule has 31 heavy (non-hydrogen) atoms. The van der Waals surface area contributed by atoms with Crippen LogP contribution in [0.2, 0.25) is 5.02 Å². The summed E-state index contributed by atoms with van der Waals surface area (Å²) in [5.74, 6) is 0.0176. The van der Waals surface area contributed by atoms with Gasteiger partial charge < -0.3 is 4.90 Å². The predicted octanol–water partition coefficient (Wildman–Crippen LogP) is 3.78. The number of carbonyl (C=O) groups excluding carboxylic acids is 1. The lowest BCUT2D eigenvalue weighted by molar-refractivity contribution is -0.131. The summed E-state index contributed by atoms with van der Waals surface area (Å²) in [6.07, 6.45) is 0.889. The van der Waals surface area contributed by atoms with E-state index in [1.165, 1.54) is 4.52 Å². The Balaban J connectivity index is 1.46. The first-order chi connectivity index (χ1) is 15.0. The van der Waals surface area contributed by atoms with Crippen LogP contribution >= 0.6 is 11.6 Å². The highest BCUT2D eigenvalue weighted by Gasteiger charge is 2.25. The van der Waals surface area contributed by atoms with Crippen molar-refractivity contribution in [2.75, 3.05) is 6.54 Å². The van der Waals surface area contributed by atoms with E-state index in [2.05, 4.69) is 5.10 Å². The first kappa shape index (κ1) is 19.6. The molecule has 7 heteroatoms. The fourth-order valence-electron chi connectivity index (χ4n) is 4.12. The quantitative estimate of drug-likeness (QED) is 0.535. The zero-order chi connectivity index (χ0) is 21.5. The van der Waals surface area contributed by atoms with Crippen LogP contribution < -0.4 is 5.56 Å². The van der Waals surface area contributed by atoms with E-state index in [9.17, 15) is 9.59 Å². The summed E-state index contributed by atoms with van der Waals surface area (Å²) in [6.45, 7) is 2.84. The van der Waals surface area contributed by atoms with Crippen molar-refractivity contribution in [1.82, 2.24) is 19.5 Å². The number of benzene rings is 2. The van der Waals surface area contributed by atoms with Crippen LogP contribution in [-0.4, -0.2) is 31.9 Å². The first-order valence-corrected chi connectivity index (χ1v) is 10.6. The normalized spacial score (nSPS) is 13.4. The Morgan fingerprint density at radius 2 is 2.00 bits per heavy atom. The molecule has 0 unspecified atom stereocenters. The van der Waals surface area contributed by atoms with Crippen LogP contribution in [0, 0.1) is 6.92 Å². The van der Waals surface area contributed by atoms with Gasteiger partial charge in [-0.3, -0.25) is 14.7 Å². The summed E-state index contributed by atoms with van der Waals surface area (Å²) in [7, 11) is 0. The van der Waals surface area contributed by atoms with Crippen molar-refractivity contribution in [1.29, 1.82) is 0 Å². The maximum atomic E-state index is 13.2. The number of fused-ring (bicyclic) bond motifs is 2. The second-order valence-electron chi connectivity index (χ2n) is 7.92. The molecule has 0 atom stereocenters. The molecule has 0 fully saturated rings. The van der Waals surface area contributed by atoms with Crippen LogP contribution in [0.25, 0.3) is 16.9 Å². The smallest absolute Gasteiger partial charge is 0.277 e. The number of nitrogens with zero attached hydrogens (tertiary/aromatic N) is 3. The fraction of sp³-hybridized carbons (Fsp3) is 0.208. The maximum absolute atomic E-state index is 13.2. The van der Waals surface area contributed by atoms with Crippen molar-refractivity contribution in [2.24, 2.45) is 0 Å². The van der Waals surface area contributed by atoms with Crippen molar-refractivity contribution in [3.63, 3.8) is 0 Å². The third kappa shape index (κ3) is 3.64. The van der Waals surface area contributed by atoms with Gasteiger partial charge in [-0.15, -0.1) is 0 Å². The number of carbonyl (C=O) groups is 1. The summed E-state index contributed by atoms with van der Waals surface area (Å²) < 4.78 is 1.44. The van der Waals surface area contributed by atoms with Gasteiger partial charge >= 0.3 is 0 Å². The SMILES string of the molecule is Cc1cccc(CC(=O)N2CCc3nc4cc(-c5ccccc5Cl)[nH]n4c(=O)c3C2)c1. The maximum Gasteiger partial charge on any atom is 0.277 e. The summed E-state index contributed by atoms with van der Waals surface area (Å²) in [5, 5.41) is 3.71. The van der Waals surface area contributed by atoms with Gasteiger partial charge in [0.25, 0.3) is 5.56 Å². The molecule has 0 spiro atoms. The van der Waals surface area contributed by atoms with Crippen molar-refractivity contribution in [2.45, 2.75) is 26.3 Å². The molecule has 4 aromatic rings. The van der Waals surface area contributed by atoms with E-state index in [1.807, 2.05) is 55.5 Å². The van der Waals surface area contributed by atoms with Gasteiger partial charge in [0, 0.05) is 29.6 Å². The number of nitrogens with one attached hydrogen (secondary N) is 1. The van der Waals surface area contributed by atoms with E-state index >= 15 is 0 Å². The van der Waals surface area contributed by atoms with Crippen LogP contribution in [0.1, 0.15) is 22.4 Å². The lowest BCUT2D eigenvalue weighted by Crippen LogP contribution is -2.40. The van der Waals surface area contributed by atoms with Crippen LogP contribution in [0.5, 0.6) is 0 Å². The van der Waals surface area contributed by atoms with Gasteiger partial charge in [-0.1, -0.05) is 59.6 Å². The number of hydrogen-bond donors (Lipinski definition) is 1. The highest BCUT2D eigenvalue weighted by Crippen LogP contribution is 2.27. The molecule has 0 aliphatic carbocycles. The minimum Gasteiger partial charge on any atom is -0.337 e. The molecule has 5 rings (SSSR count). The van der Waals surface area contributed by atoms with Gasteiger partial charge in [-0.2, -0.15) is 0 Å². The van der Waals surface area contributed by atoms with Crippen LogP contribution in [0.15, 0.2) is 59.4 Å². The molecular formula is C24H21ClN4O2. The first-order valence-electron chi connectivity index (χ1n) is 10.2. The Hall–Kier alpha value is -3.38. The number of halogens is 1. The third-order valence-electron chi connectivity index (χ3n) is 5.72. The molecule has 0 radical (unpaired) electrons. The number of H-pyrrole nitrogens is 1. The largest absolute Gasteiger partial charge is 0.337 e. The molecule has 156 valence electrons. The lowest BCUT2D eigenvalue weighted by atomic mass is 10.0. The number of aryl methyl sites for hydroxylation is 1. The average Bonchev–Trinajstić information content (AvgIpc) is 3.18. The van der Waals surface area contributed by atoms with Gasteiger partial charge in [-0.25, -0.2) is 9.50 Å². The zero-order valence-corrected chi connectivity index (χ0v) is 17.8. The summed E-state index contributed by atoms with van der Waals surface area (Å²) in [4.78, 5) is 32.5. The standard InChI is InChI=1S/C24H21ClN4O2/c1-15-5-4-6-16(11-15)12-23(30)28-10-9-20-18(14-28)24(31)29-22(26-20)13-21(27-29)17-7-2-3-8-19(17)25/h2-8,11,13,27H,9-10,12,14H2,1H3. The Morgan fingerprint density at radius 3 is 2.81 bits per heavy atom. The topological polar surface area (TPSA) is 70.5 Å². The Labute approximate surface area is 184 Å². The summed E-state index contributed by atoms with van der Waals surface area (Å²) in [5.41, 5.74) is 5.34. The van der Waals surface area contributed by atoms with Gasteiger partial charge in [0.05, 0.1) is 29.9 Å². The fourth-order valence-corrected chi connectivity index (χ4v) is 4.36. The second-order valence-corrected chi connectivity index (χ2v) is 8.32. The Kier molecular flexibility index (Phi) is 4.87. The van der Waals surface area contributed by atoms with Crippen molar-refractivity contribution < 1.29 is 4.79 Å². The zero-order valence-electron chi connectivity index (χ0n) is 17.1. The van der Waals surface area contributed by atoms with Crippen molar-refractivity contribution >= 4 is 23.2 Å². The van der Waals surface area contributed by atoms with Gasteiger partial charge in [0.1, 0.15) is 0 Å². The number of amides is 1. The molecule has 1 N–H and O–H groups in total. The molecular weight excluding hydrogens is 412 g/mol. The van der Waals surface area contributed by atoms with Crippen molar-refractivity contribution in [3.05, 3.63) is 92.4 Å². The monoisotopic (exact) mass is 432 g/mol. The second kappa shape index (κ2) is 7.71. The molecule has 2 aromatic carbocycles. The lowest BCUT2D eigenvalue weighted by Gasteiger charge is -2.27. The minimum atomic E-state index is -0.175. The molecule has 1 aliphatic rings. The Bertz CT molecular complexity index is 1370. The van der Waals surface area contributed by atoms with E-state index in [0.29, 0.717) is 35.6 Å². The van der Waals surface area contributed by atoms with Gasteiger partial charge in [0.2, 0.25) is 5.91 Å². The molecule has 6 nitrogen and oxygen atoms in total. The average molecular weight is 433 g/mol. The predicted molar refractivity (Wildman–Crippen MR) is 120 cm³/mol. The molecule has 0 saturated heterocycles. The van der Waals surface area contributed by atoms with Crippen LogP contribution in [0.3, 0.4) is 0 Å². The molecule has 1 aliphatic heterocycles.